The average molecular weight is 443 g/mol. The van der Waals surface area contributed by atoms with Crippen molar-refractivity contribution in [3.63, 3.8) is 0 Å². The maximum absolute atomic E-state index is 13.8. The molecule has 10 heteroatoms. The summed E-state index contributed by atoms with van der Waals surface area (Å²) >= 11 is 1.16. The zero-order valence-electron chi connectivity index (χ0n) is 16.9. The molecule has 2 aromatic heterocycles. The minimum atomic E-state index is -0.509. The summed E-state index contributed by atoms with van der Waals surface area (Å²) in [5.74, 6) is -0.719. The lowest BCUT2D eigenvalue weighted by molar-refractivity contribution is -0.115. The van der Waals surface area contributed by atoms with Gasteiger partial charge in [-0.25, -0.2) is 8.78 Å². The predicted octanol–water partition coefficient (Wildman–Crippen LogP) is 3.49. The number of halogens is 2. The SMILES string of the molecule is CCCn1c(=O)c2cc(F)ccc2n2c(SCC(=O)N(C)c3ccc(F)cc3)nnc12. The Bertz CT molecular complexity index is 1330. The standard InChI is InChI=1S/C21H19F2N5O2S/c1-3-10-27-19(30)16-11-14(23)6-9-17(16)28-20(27)24-25-21(28)31-12-18(29)26(2)15-7-4-13(22)5-8-15/h4-9,11H,3,10,12H2,1-2H3. The zero-order chi connectivity index (χ0) is 22.1. The van der Waals surface area contributed by atoms with E-state index in [4.69, 9.17) is 0 Å². The van der Waals surface area contributed by atoms with Gasteiger partial charge >= 0.3 is 0 Å². The molecular weight excluding hydrogens is 424 g/mol. The van der Waals surface area contributed by atoms with Crippen LogP contribution in [0.1, 0.15) is 13.3 Å². The summed E-state index contributed by atoms with van der Waals surface area (Å²) in [7, 11) is 1.61. The number of carbonyl (C=O) groups is 1. The Kier molecular flexibility index (Phi) is 5.73. The second-order valence-corrected chi connectivity index (χ2v) is 7.90. The van der Waals surface area contributed by atoms with E-state index in [1.54, 1.807) is 11.4 Å². The molecule has 0 aliphatic rings. The third-order valence-electron chi connectivity index (χ3n) is 4.89. The van der Waals surface area contributed by atoms with Gasteiger partial charge in [-0.05, 0) is 48.9 Å². The molecule has 4 aromatic rings. The first kappa shape index (κ1) is 21.0. The van der Waals surface area contributed by atoms with Gasteiger partial charge in [0, 0.05) is 19.3 Å². The fourth-order valence-corrected chi connectivity index (χ4v) is 4.16. The zero-order valence-corrected chi connectivity index (χ0v) is 17.7. The second-order valence-electron chi connectivity index (χ2n) is 6.95. The first-order chi connectivity index (χ1) is 14.9. The van der Waals surface area contributed by atoms with Crippen LogP contribution in [0.15, 0.2) is 52.4 Å². The number of thioether (sulfide) groups is 1. The smallest absolute Gasteiger partial charge is 0.262 e. The highest BCUT2D eigenvalue weighted by Gasteiger charge is 2.19. The summed E-state index contributed by atoms with van der Waals surface area (Å²) in [4.78, 5) is 26.9. The highest BCUT2D eigenvalue weighted by molar-refractivity contribution is 7.99. The van der Waals surface area contributed by atoms with Crippen LogP contribution in [0.25, 0.3) is 16.7 Å². The maximum Gasteiger partial charge on any atom is 0.262 e. The van der Waals surface area contributed by atoms with Gasteiger partial charge in [-0.1, -0.05) is 18.7 Å². The molecule has 0 aliphatic carbocycles. The van der Waals surface area contributed by atoms with Crippen LogP contribution in [0.5, 0.6) is 0 Å². The van der Waals surface area contributed by atoms with Crippen molar-refractivity contribution in [1.29, 1.82) is 0 Å². The van der Waals surface area contributed by atoms with Gasteiger partial charge in [0.15, 0.2) is 5.16 Å². The average Bonchev–Trinajstić information content (AvgIpc) is 3.18. The van der Waals surface area contributed by atoms with Gasteiger partial charge in [0.1, 0.15) is 11.6 Å². The van der Waals surface area contributed by atoms with Crippen molar-refractivity contribution in [2.45, 2.75) is 25.0 Å². The Morgan fingerprint density at radius 1 is 1.10 bits per heavy atom. The largest absolute Gasteiger partial charge is 0.315 e. The Balaban J connectivity index is 1.70. The van der Waals surface area contributed by atoms with Crippen LogP contribution in [0, 0.1) is 11.6 Å². The predicted molar refractivity (Wildman–Crippen MR) is 116 cm³/mol. The molecule has 0 saturated heterocycles. The molecule has 0 bridgehead atoms. The Hall–Kier alpha value is -3.27. The summed E-state index contributed by atoms with van der Waals surface area (Å²) in [6.07, 6.45) is 0.687. The molecule has 1 amide bonds. The first-order valence-electron chi connectivity index (χ1n) is 9.62. The minimum absolute atomic E-state index is 0.0459. The molecule has 0 N–H and O–H groups in total. The molecule has 0 radical (unpaired) electrons. The molecule has 2 heterocycles. The molecule has 0 spiro atoms. The van der Waals surface area contributed by atoms with E-state index in [1.165, 1.54) is 51.9 Å². The highest BCUT2D eigenvalue weighted by atomic mass is 32.2. The lowest BCUT2D eigenvalue weighted by Gasteiger charge is -2.17. The molecule has 0 atom stereocenters. The fraction of sp³-hybridized carbons (Fsp3) is 0.238. The first-order valence-corrected chi connectivity index (χ1v) is 10.6. The molecular formula is C21H19F2N5O2S. The van der Waals surface area contributed by atoms with Crippen LogP contribution in [0.2, 0.25) is 0 Å². The van der Waals surface area contributed by atoms with E-state index in [-0.39, 0.29) is 28.4 Å². The molecule has 0 unspecified atom stereocenters. The monoisotopic (exact) mass is 443 g/mol. The third kappa shape index (κ3) is 3.90. The molecule has 0 fully saturated rings. The van der Waals surface area contributed by atoms with Gasteiger partial charge in [-0.15, -0.1) is 10.2 Å². The van der Waals surface area contributed by atoms with Gasteiger partial charge in [-0.2, -0.15) is 0 Å². The van der Waals surface area contributed by atoms with Crippen molar-refractivity contribution in [3.8, 4) is 0 Å². The summed E-state index contributed by atoms with van der Waals surface area (Å²) in [6, 6.07) is 9.60. The highest BCUT2D eigenvalue weighted by Crippen LogP contribution is 2.23. The van der Waals surface area contributed by atoms with Gasteiger partial charge in [0.05, 0.1) is 16.7 Å². The number of hydrogen-bond donors (Lipinski definition) is 0. The summed E-state index contributed by atoms with van der Waals surface area (Å²) in [6.45, 7) is 2.33. The summed E-state index contributed by atoms with van der Waals surface area (Å²) in [5, 5.41) is 8.96. The van der Waals surface area contributed by atoms with Crippen LogP contribution in [-0.2, 0) is 11.3 Å². The third-order valence-corrected chi connectivity index (χ3v) is 5.81. The number of benzene rings is 2. The second kappa shape index (κ2) is 8.46. The molecule has 4 rings (SSSR count). The summed E-state index contributed by atoms with van der Waals surface area (Å²) < 4.78 is 30.1. The lowest BCUT2D eigenvalue weighted by Crippen LogP contribution is -2.28. The molecule has 7 nitrogen and oxygen atoms in total. The quantitative estimate of drug-likeness (QED) is 0.427. The maximum atomic E-state index is 13.8. The van der Waals surface area contributed by atoms with Gasteiger partial charge in [0.2, 0.25) is 11.7 Å². The van der Waals surface area contributed by atoms with Crippen molar-refractivity contribution in [3.05, 3.63) is 64.5 Å². The number of hydrogen-bond acceptors (Lipinski definition) is 5. The number of rotatable bonds is 6. The van der Waals surface area contributed by atoms with Crippen LogP contribution in [-0.4, -0.2) is 37.9 Å². The molecule has 160 valence electrons. The molecule has 0 saturated carbocycles. The molecule has 0 aliphatic heterocycles. The lowest BCUT2D eigenvalue weighted by atomic mass is 10.2. The van der Waals surface area contributed by atoms with Crippen LogP contribution >= 0.6 is 11.8 Å². The number of nitrogens with zero attached hydrogens (tertiary/aromatic N) is 5. The van der Waals surface area contributed by atoms with E-state index in [0.717, 1.165) is 11.8 Å². The number of aryl methyl sites for hydroxylation is 1. The number of anilines is 1. The van der Waals surface area contributed by atoms with E-state index in [0.29, 0.717) is 35.1 Å². The number of fused-ring (bicyclic) bond motifs is 3. The Labute approximate surface area is 180 Å². The van der Waals surface area contributed by atoms with Crippen LogP contribution in [0.4, 0.5) is 14.5 Å². The van der Waals surface area contributed by atoms with Crippen molar-refractivity contribution >= 4 is 40.0 Å². The van der Waals surface area contributed by atoms with E-state index in [9.17, 15) is 18.4 Å². The van der Waals surface area contributed by atoms with E-state index >= 15 is 0 Å². The van der Waals surface area contributed by atoms with Crippen molar-refractivity contribution in [1.82, 2.24) is 19.2 Å². The van der Waals surface area contributed by atoms with Gasteiger partial charge in [0.25, 0.3) is 5.56 Å². The normalized spacial score (nSPS) is 11.4. The van der Waals surface area contributed by atoms with Crippen molar-refractivity contribution < 1.29 is 13.6 Å². The Morgan fingerprint density at radius 3 is 2.52 bits per heavy atom. The number of aromatic nitrogens is 4. The number of carbonyl (C=O) groups excluding carboxylic acids is 1. The number of amides is 1. The van der Waals surface area contributed by atoms with Crippen molar-refractivity contribution in [2.75, 3.05) is 17.7 Å². The minimum Gasteiger partial charge on any atom is -0.315 e. The molecule has 31 heavy (non-hydrogen) atoms. The van der Waals surface area contributed by atoms with Gasteiger partial charge < -0.3 is 4.90 Å². The van der Waals surface area contributed by atoms with Crippen molar-refractivity contribution in [2.24, 2.45) is 0 Å². The van der Waals surface area contributed by atoms with Crippen LogP contribution in [0.3, 0.4) is 0 Å². The topological polar surface area (TPSA) is 72.5 Å². The van der Waals surface area contributed by atoms with E-state index in [2.05, 4.69) is 10.2 Å². The van der Waals surface area contributed by atoms with E-state index in [1.807, 2.05) is 6.92 Å². The van der Waals surface area contributed by atoms with Gasteiger partial charge in [-0.3, -0.25) is 18.6 Å². The molecule has 2 aromatic carbocycles. The fourth-order valence-electron chi connectivity index (χ4n) is 3.31. The summed E-state index contributed by atoms with van der Waals surface area (Å²) in [5.41, 5.74) is 0.705. The van der Waals surface area contributed by atoms with E-state index < -0.39 is 5.82 Å². The Morgan fingerprint density at radius 2 is 1.81 bits per heavy atom. The van der Waals surface area contributed by atoms with Crippen LogP contribution < -0.4 is 10.5 Å².